The van der Waals surface area contributed by atoms with E-state index in [0.29, 0.717) is 38.8 Å². The number of morpholine rings is 1. The Morgan fingerprint density at radius 1 is 1.13 bits per heavy atom. The van der Waals surface area contributed by atoms with Gasteiger partial charge in [-0.25, -0.2) is 4.98 Å². The van der Waals surface area contributed by atoms with Gasteiger partial charge >= 0.3 is 0 Å². The number of ether oxygens (including phenoxy) is 1. The lowest BCUT2D eigenvalue weighted by Crippen LogP contribution is -2.41. The van der Waals surface area contributed by atoms with Crippen LogP contribution in [0.15, 0.2) is 30.3 Å². The number of nitrogens with zero attached hydrogens (tertiary/aromatic N) is 5. The van der Waals surface area contributed by atoms with E-state index in [9.17, 15) is 4.79 Å². The topological polar surface area (TPSA) is 61.8 Å². The molecule has 0 N–H and O–H groups in total. The summed E-state index contributed by atoms with van der Waals surface area (Å²) in [5.74, 6) is 1.87. The molecule has 2 aliphatic heterocycles. The van der Waals surface area contributed by atoms with Gasteiger partial charge in [-0.3, -0.25) is 4.79 Å². The van der Waals surface area contributed by atoms with Gasteiger partial charge in [-0.2, -0.15) is 4.98 Å². The summed E-state index contributed by atoms with van der Waals surface area (Å²) in [6, 6.07) is 10.2. The summed E-state index contributed by atoms with van der Waals surface area (Å²) in [6.07, 6.45) is 1.19. The third kappa shape index (κ3) is 4.41. The van der Waals surface area contributed by atoms with Gasteiger partial charge in [-0.05, 0) is 19.4 Å². The highest BCUT2D eigenvalue weighted by Crippen LogP contribution is 2.30. The summed E-state index contributed by atoms with van der Waals surface area (Å²) >= 11 is 0. The molecule has 0 unspecified atom stereocenters. The van der Waals surface area contributed by atoms with E-state index in [1.54, 1.807) is 0 Å². The lowest BCUT2D eigenvalue weighted by atomic mass is 10.0. The predicted molar refractivity (Wildman–Crippen MR) is 118 cm³/mol. The molecular weight excluding hydrogens is 378 g/mol. The highest BCUT2D eigenvalue weighted by atomic mass is 16.5. The third-order valence-corrected chi connectivity index (χ3v) is 5.98. The molecule has 0 atom stereocenters. The van der Waals surface area contributed by atoms with Crippen LogP contribution in [0.25, 0.3) is 0 Å². The van der Waals surface area contributed by atoms with Gasteiger partial charge in [0, 0.05) is 44.7 Å². The standard InChI is InChI=1S/C23H31N5O2/c1-17(2)26(3)22-19-16-28(21(29)15-18-7-5-4-6-8-18)10-9-20(19)24-23(25-22)27-11-13-30-14-12-27/h4-8,17H,9-16H2,1-3H3. The van der Waals surface area contributed by atoms with E-state index in [0.717, 1.165) is 48.1 Å². The first-order valence-corrected chi connectivity index (χ1v) is 10.8. The smallest absolute Gasteiger partial charge is 0.227 e. The van der Waals surface area contributed by atoms with E-state index in [1.807, 2.05) is 35.2 Å². The highest BCUT2D eigenvalue weighted by molar-refractivity contribution is 5.79. The number of carbonyl (C=O) groups is 1. The van der Waals surface area contributed by atoms with E-state index in [-0.39, 0.29) is 5.91 Å². The third-order valence-electron chi connectivity index (χ3n) is 5.98. The molecule has 0 saturated carbocycles. The van der Waals surface area contributed by atoms with Gasteiger partial charge < -0.3 is 19.4 Å². The average molecular weight is 410 g/mol. The lowest BCUT2D eigenvalue weighted by molar-refractivity contribution is -0.131. The van der Waals surface area contributed by atoms with Crippen LogP contribution in [-0.2, 0) is 28.9 Å². The van der Waals surface area contributed by atoms with E-state index in [2.05, 4.69) is 30.7 Å². The molecule has 1 amide bonds. The normalized spacial score (nSPS) is 16.5. The molecule has 4 rings (SSSR count). The molecule has 1 aromatic carbocycles. The van der Waals surface area contributed by atoms with Gasteiger partial charge in [0.25, 0.3) is 0 Å². The molecule has 1 saturated heterocycles. The van der Waals surface area contributed by atoms with E-state index in [4.69, 9.17) is 14.7 Å². The monoisotopic (exact) mass is 409 g/mol. The largest absolute Gasteiger partial charge is 0.378 e. The Morgan fingerprint density at radius 2 is 1.87 bits per heavy atom. The van der Waals surface area contributed by atoms with Crippen LogP contribution in [0.1, 0.15) is 30.7 Å². The fourth-order valence-corrected chi connectivity index (χ4v) is 3.92. The van der Waals surface area contributed by atoms with Crippen LogP contribution in [0.2, 0.25) is 0 Å². The Kier molecular flexibility index (Phi) is 6.18. The van der Waals surface area contributed by atoms with E-state index >= 15 is 0 Å². The van der Waals surface area contributed by atoms with Crippen molar-refractivity contribution in [3.8, 4) is 0 Å². The number of rotatable bonds is 5. The first-order valence-electron chi connectivity index (χ1n) is 10.8. The zero-order valence-electron chi connectivity index (χ0n) is 18.2. The SMILES string of the molecule is CC(C)N(C)c1nc(N2CCOCC2)nc2c1CN(C(=O)Cc1ccccc1)CC2. The van der Waals surface area contributed by atoms with Gasteiger partial charge in [0.1, 0.15) is 5.82 Å². The zero-order chi connectivity index (χ0) is 21.1. The van der Waals surface area contributed by atoms with Crippen LogP contribution < -0.4 is 9.80 Å². The van der Waals surface area contributed by atoms with Crippen molar-refractivity contribution >= 4 is 17.7 Å². The number of amides is 1. The lowest BCUT2D eigenvalue weighted by Gasteiger charge is -2.35. The van der Waals surface area contributed by atoms with Crippen molar-refractivity contribution in [2.45, 2.75) is 39.3 Å². The maximum Gasteiger partial charge on any atom is 0.227 e. The second-order valence-corrected chi connectivity index (χ2v) is 8.30. The molecule has 0 radical (unpaired) electrons. The number of benzene rings is 1. The summed E-state index contributed by atoms with van der Waals surface area (Å²) in [6.45, 7) is 8.61. The Morgan fingerprint density at radius 3 is 2.57 bits per heavy atom. The first-order chi connectivity index (χ1) is 14.5. The number of anilines is 2. The summed E-state index contributed by atoms with van der Waals surface area (Å²) in [5.41, 5.74) is 3.19. The van der Waals surface area contributed by atoms with Crippen LogP contribution >= 0.6 is 0 Å². The van der Waals surface area contributed by atoms with Crippen molar-refractivity contribution < 1.29 is 9.53 Å². The molecule has 2 aliphatic rings. The van der Waals surface area contributed by atoms with Crippen molar-refractivity contribution in [2.24, 2.45) is 0 Å². The molecular formula is C23H31N5O2. The minimum atomic E-state index is 0.155. The quantitative estimate of drug-likeness (QED) is 0.755. The van der Waals surface area contributed by atoms with Crippen LogP contribution in [0.3, 0.4) is 0 Å². The minimum Gasteiger partial charge on any atom is -0.378 e. The summed E-state index contributed by atoms with van der Waals surface area (Å²) in [5, 5.41) is 0. The number of fused-ring (bicyclic) bond motifs is 1. The van der Waals surface area contributed by atoms with Gasteiger partial charge in [-0.1, -0.05) is 30.3 Å². The summed E-state index contributed by atoms with van der Waals surface area (Å²) in [4.78, 5) is 29.2. The fraction of sp³-hybridized carbons (Fsp3) is 0.522. The van der Waals surface area contributed by atoms with E-state index in [1.165, 1.54) is 0 Å². The Hall–Kier alpha value is -2.67. The second kappa shape index (κ2) is 9.00. The van der Waals surface area contributed by atoms with Crippen molar-refractivity contribution in [3.05, 3.63) is 47.2 Å². The van der Waals surface area contributed by atoms with Crippen molar-refractivity contribution in [2.75, 3.05) is 49.7 Å². The second-order valence-electron chi connectivity index (χ2n) is 8.30. The molecule has 0 aliphatic carbocycles. The van der Waals surface area contributed by atoms with Crippen LogP contribution in [0.5, 0.6) is 0 Å². The van der Waals surface area contributed by atoms with Crippen LogP contribution in [0, 0.1) is 0 Å². The van der Waals surface area contributed by atoms with E-state index < -0.39 is 0 Å². The maximum absolute atomic E-state index is 13.0. The molecule has 2 aromatic rings. The molecule has 0 spiro atoms. The highest BCUT2D eigenvalue weighted by Gasteiger charge is 2.28. The molecule has 160 valence electrons. The van der Waals surface area contributed by atoms with Gasteiger partial charge in [-0.15, -0.1) is 0 Å². The van der Waals surface area contributed by atoms with Crippen LogP contribution in [0.4, 0.5) is 11.8 Å². The average Bonchev–Trinajstić information content (AvgIpc) is 2.78. The number of aromatic nitrogens is 2. The van der Waals surface area contributed by atoms with Crippen molar-refractivity contribution in [1.29, 1.82) is 0 Å². The number of hydrogen-bond donors (Lipinski definition) is 0. The van der Waals surface area contributed by atoms with Gasteiger partial charge in [0.15, 0.2) is 0 Å². The van der Waals surface area contributed by atoms with Gasteiger partial charge in [0.05, 0.1) is 31.9 Å². The Bertz CT molecular complexity index is 881. The fourth-order valence-electron chi connectivity index (χ4n) is 3.92. The van der Waals surface area contributed by atoms with Gasteiger partial charge in [0.2, 0.25) is 11.9 Å². The maximum atomic E-state index is 13.0. The van der Waals surface area contributed by atoms with Crippen molar-refractivity contribution in [3.63, 3.8) is 0 Å². The number of carbonyl (C=O) groups excluding carboxylic acids is 1. The number of hydrogen-bond acceptors (Lipinski definition) is 6. The molecule has 30 heavy (non-hydrogen) atoms. The Balaban J connectivity index is 1.60. The summed E-state index contributed by atoms with van der Waals surface area (Å²) in [7, 11) is 2.07. The zero-order valence-corrected chi connectivity index (χ0v) is 18.2. The van der Waals surface area contributed by atoms with Crippen molar-refractivity contribution in [1.82, 2.24) is 14.9 Å². The first kappa shape index (κ1) is 20.6. The molecule has 7 heteroatoms. The van der Waals surface area contributed by atoms with Crippen LogP contribution in [-0.4, -0.2) is 66.7 Å². The Labute approximate surface area is 178 Å². The molecule has 1 fully saturated rings. The predicted octanol–water partition coefficient (Wildman–Crippen LogP) is 2.29. The summed E-state index contributed by atoms with van der Waals surface area (Å²) < 4.78 is 5.49. The molecule has 3 heterocycles. The molecule has 1 aromatic heterocycles. The minimum absolute atomic E-state index is 0.155. The molecule has 7 nitrogen and oxygen atoms in total. The molecule has 0 bridgehead atoms.